The molecule has 1 aromatic carbocycles. The second-order valence-corrected chi connectivity index (χ2v) is 3.09. The molecule has 0 radical (unpaired) electrons. The van der Waals surface area contributed by atoms with Crippen molar-refractivity contribution >= 4 is 23.5 Å². The van der Waals surface area contributed by atoms with Gasteiger partial charge in [0, 0.05) is 11.6 Å². The van der Waals surface area contributed by atoms with Gasteiger partial charge in [0.1, 0.15) is 11.6 Å². The number of benzene rings is 1. The van der Waals surface area contributed by atoms with Crippen molar-refractivity contribution in [1.29, 1.82) is 0 Å². The summed E-state index contributed by atoms with van der Waals surface area (Å²) >= 11 is 5.29. The average molecular weight is 229 g/mol. The molecule has 15 heavy (non-hydrogen) atoms. The van der Waals surface area contributed by atoms with Crippen LogP contribution in [0.2, 0.25) is 0 Å². The van der Waals surface area contributed by atoms with Crippen LogP contribution in [0.4, 0.5) is 4.39 Å². The Kier molecular flexibility index (Phi) is 4.31. The maximum atomic E-state index is 13.3. The lowest BCUT2D eigenvalue weighted by Crippen LogP contribution is -1.92. The van der Waals surface area contributed by atoms with Gasteiger partial charge in [0.15, 0.2) is 5.78 Å². The molecule has 0 aliphatic carbocycles. The number of methoxy groups -OCH3 is 1. The van der Waals surface area contributed by atoms with Gasteiger partial charge in [0.05, 0.1) is 13.0 Å². The third kappa shape index (κ3) is 3.36. The zero-order chi connectivity index (χ0) is 11.3. The summed E-state index contributed by atoms with van der Waals surface area (Å²) < 4.78 is 18.2. The monoisotopic (exact) mass is 228 g/mol. The molecule has 0 heterocycles. The highest BCUT2D eigenvalue weighted by molar-refractivity contribution is 6.29. The van der Waals surface area contributed by atoms with Crippen molar-refractivity contribution < 1.29 is 13.9 Å². The summed E-state index contributed by atoms with van der Waals surface area (Å²) in [5.41, 5.74) is 0.328. The molecule has 0 fully saturated rings. The molecular formula is C11H10ClFO2. The van der Waals surface area contributed by atoms with Crippen LogP contribution in [0.3, 0.4) is 0 Å². The molecule has 4 heteroatoms. The van der Waals surface area contributed by atoms with Crippen molar-refractivity contribution in [1.82, 2.24) is 0 Å². The first-order valence-electron chi connectivity index (χ1n) is 4.28. The maximum Gasteiger partial charge on any atom is 0.170 e. The molecule has 0 amide bonds. The summed E-state index contributed by atoms with van der Waals surface area (Å²) in [5, 5.41) is 0. The van der Waals surface area contributed by atoms with Gasteiger partial charge in [0.25, 0.3) is 0 Å². The Balaban J connectivity index is 2.87. The highest BCUT2D eigenvalue weighted by Gasteiger charge is 2.01. The number of halogens is 2. The van der Waals surface area contributed by atoms with Gasteiger partial charge in [-0.3, -0.25) is 4.79 Å². The molecule has 0 aliphatic heterocycles. The van der Waals surface area contributed by atoms with Crippen LogP contribution < -0.4 is 4.74 Å². The highest BCUT2D eigenvalue weighted by Crippen LogP contribution is 2.17. The summed E-state index contributed by atoms with van der Waals surface area (Å²) in [6, 6.07) is 4.41. The van der Waals surface area contributed by atoms with Crippen LogP contribution in [0.25, 0.3) is 6.08 Å². The van der Waals surface area contributed by atoms with E-state index in [1.807, 2.05) is 0 Å². The lowest BCUT2D eigenvalue weighted by molar-refractivity contribution is -0.112. The molecule has 0 saturated heterocycles. The predicted octanol–water partition coefficient (Wildman–Crippen LogP) is 2.66. The van der Waals surface area contributed by atoms with Crippen LogP contribution in [0, 0.1) is 5.82 Å². The quantitative estimate of drug-likeness (QED) is 0.585. The molecule has 80 valence electrons. The van der Waals surface area contributed by atoms with E-state index in [1.165, 1.54) is 31.4 Å². The molecule has 2 nitrogen and oxygen atoms in total. The Labute approximate surface area is 92.3 Å². The number of hydrogen-bond acceptors (Lipinski definition) is 2. The van der Waals surface area contributed by atoms with Gasteiger partial charge in [-0.25, -0.2) is 4.39 Å². The second kappa shape index (κ2) is 5.51. The molecular weight excluding hydrogens is 219 g/mol. The van der Waals surface area contributed by atoms with Gasteiger partial charge in [0.2, 0.25) is 0 Å². The van der Waals surface area contributed by atoms with E-state index in [2.05, 4.69) is 0 Å². The summed E-state index contributed by atoms with van der Waals surface area (Å²) in [6.07, 6.45) is 2.64. The van der Waals surface area contributed by atoms with Crippen LogP contribution >= 0.6 is 11.6 Å². The van der Waals surface area contributed by atoms with E-state index in [0.717, 1.165) is 0 Å². The normalized spacial score (nSPS) is 10.6. The van der Waals surface area contributed by atoms with Gasteiger partial charge in [-0.2, -0.15) is 0 Å². The average Bonchev–Trinajstić information content (AvgIpc) is 2.26. The van der Waals surface area contributed by atoms with Gasteiger partial charge >= 0.3 is 0 Å². The maximum absolute atomic E-state index is 13.3. The van der Waals surface area contributed by atoms with Crippen LogP contribution in [0.15, 0.2) is 24.3 Å². The lowest BCUT2D eigenvalue weighted by Gasteiger charge is -2.01. The molecule has 0 bridgehead atoms. The zero-order valence-electron chi connectivity index (χ0n) is 8.17. The minimum absolute atomic E-state index is 0.103. The minimum atomic E-state index is -0.437. The van der Waals surface area contributed by atoms with Crippen molar-refractivity contribution in [3.63, 3.8) is 0 Å². The fourth-order valence-electron chi connectivity index (χ4n) is 0.997. The van der Waals surface area contributed by atoms with Crippen molar-refractivity contribution in [2.75, 3.05) is 13.0 Å². The molecule has 1 aromatic rings. The molecule has 0 saturated carbocycles. The summed E-state index contributed by atoms with van der Waals surface area (Å²) in [6.45, 7) is 0. The van der Waals surface area contributed by atoms with Crippen molar-refractivity contribution in [2.24, 2.45) is 0 Å². The second-order valence-electron chi connectivity index (χ2n) is 2.82. The van der Waals surface area contributed by atoms with E-state index >= 15 is 0 Å². The Morgan fingerprint density at radius 3 is 2.87 bits per heavy atom. The largest absolute Gasteiger partial charge is 0.497 e. The molecule has 0 N–H and O–H groups in total. The van der Waals surface area contributed by atoms with Crippen LogP contribution in [-0.2, 0) is 4.79 Å². The van der Waals surface area contributed by atoms with E-state index in [9.17, 15) is 9.18 Å². The topological polar surface area (TPSA) is 26.3 Å². The SMILES string of the molecule is COc1ccc(C=CC(=O)CCl)c(F)c1. The number of alkyl halides is 1. The Morgan fingerprint density at radius 2 is 2.33 bits per heavy atom. The van der Waals surface area contributed by atoms with Crippen LogP contribution in [0.1, 0.15) is 5.56 Å². The molecule has 1 rings (SSSR count). The van der Waals surface area contributed by atoms with Gasteiger partial charge in [-0.1, -0.05) is 0 Å². The minimum Gasteiger partial charge on any atom is -0.497 e. The fraction of sp³-hybridized carbons (Fsp3) is 0.182. The molecule has 0 unspecified atom stereocenters. The van der Waals surface area contributed by atoms with Crippen molar-refractivity contribution in [2.45, 2.75) is 0 Å². The number of rotatable bonds is 4. The zero-order valence-corrected chi connectivity index (χ0v) is 8.92. The van der Waals surface area contributed by atoms with Crippen molar-refractivity contribution in [3.8, 4) is 5.75 Å². The molecule has 0 spiro atoms. The number of allylic oxidation sites excluding steroid dienone is 1. The molecule has 0 aliphatic rings. The first-order chi connectivity index (χ1) is 7.17. The van der Waals surface area contributed by atoms with Gasteiger partial charge < -0.3 is 4.74 Å². The number of carbonyl (C=O) groups is 1. The first-order valence-corrected chi connectivity index (χ1v) is 4.81. The van der Waals surface area contributed by atoms with E-state index in [0.29, 0.717) is 11.3 Å². The number of ketones is 1. The summed E-state index contributed by atoms with van der Waals surface area (Å²) in [4.78, 5) is 10.9. The van der Waals surface area contributed by atoms with Crippen LogP contribution in [0.5, 0.6) is 5.75 Å². The number of carbonyl (C=O) groups excluding carboxylic acids is 1. The predicted molar refractivity (Wildman–Crippen MR) is 57.7 cm³/mol. The first kappa shape index (κ1) is 11.7. The van der Waals surface area contributed by atoms with Gasteiger partial charge in [-0.05, 0) is 24.3 Å². The van der Waals surface area contributed by atoms with E-state index in [1.54, 1.807) is 6.07 Å². The fourth-order valence-corrected chi connectivity index (χ4v) is 1.09. The number of ether oxygens (including phenoxy) is 1. The Morgan fingerprint density at radius 1 is 1.60 bits per heavy atom. The third-order valence-corrected chi connectivity index (χ3v) is 2.05. The van der Waals surface area contributed by atoms with Gasteiger partial charge in [-0.15, -0.1) is 11.6 Å². The van der Waals surface area contributed by atoms with E-state index in [4.69, 9.17) is 16.3 Å². The Hall–Kier alpha value is -1.35. The summed E-state index contributed by atoms with van der Waals surface area (Å²) in [7, 11) is 1.46. The highest BCUT2D eigenvalue weighted by atomic mass is 35.5. The third-order valence-electron chi connectivity index (χ3n) is 1.79. The Bertz CT molecular complexity index is 388. The lowest BCUT2D eigenvalue weighted by atomic mass is 10.2. The molecule has 0 atom stereocenters. The molecule has 0 aromatic heterocycles. The summed E-state index contributed by atoms with van der Waals surface area (Å²) in [5.74, 6) is -0.359. The van der Waals surface area contributed by atoms with E-state index < -0.39 is 5.82 Å². The van der Waals surface area contributed by atoms with Crippen molar-refractivity contribution in [3.05, 3.63) is 35.7 Å². The smallest absolute Gasteiger partial charge is 0.170 e. The van der Waals surface area contributed by atoms with E-state index in [-0.39, 0.29) is 11.7 Å². The van der Waals surface area contributed by atoms with Crippen LogP contribution in [-0.4, -0.2) is 18.8 Å². The number of hydrogen-bond donors (Lipinski definition) is 0. The standard InChI is InChI=1S/C11H10ClFO2/c1-15-10-5-3-8(11(13)6-10)2-4-9(14)7-12/h2-6H,7H2,1H3.